The smallest absolute Gasteiger partial charge is 0.488 e. The van der Waals surface area contributed by atoms with Crippen molar-refractivity contribution < 1.29 is 26.6 Å². The quantitative estimate of drug-likeness (QED) is 0.316. The first-order valence-electron chi connectivity index (χ1n) is 9.02. The van der Waals surface area contributed by atoms with Crippen molar-refractivity contribution in [2.24, 2.45) is 17.4 Å². The largest absolute Gasteiger partial charge is 0.695 e. The maximum Gasteiger partial charge on any atom is 0.695 e. The van der Waals surface area contributed by atoms with Gasteiger partial charge in [-0.25, -0.2) is 0 Å². The Hall–Kier alpha value is -1.15. The molecule has 0 aliphatic carbocycles. The molecule has 0 bridgehead atoms. The van der Waals surface area contributed by atoms with Crippen molar-refractivity contribution in [3.8, 4) is 0 Å². The minimum Gasteiger partial charge on any atom is -0.488 e. The number of allylic oxidation sites excluding steroid dienone is 3. The van der Waals surface area contributed by atoms with Gasteiger partial charge in [-0.15, -0.1) is 0 Å². The molecule has 0 fully saturated rings. The minimum absolute atomic E-state index is 0.312. The summed E-state index contributed by atoms with van der Waals surface area (Å²) in [6.45, 7) is 19.2. The SMILES string of the molecule is C=C(C)O[Si](C)(OC(=C)C)OC(=C)C.CO[Si](CC(CN)CCN)(OC)OC. The average Bonchev–Trinajstić information content (AvgIpc) is 2.57. The van der Waals surface area contributed by atoms with Crippen molar-refractivity contribution in [1.82, 2.24) is 0 Å². The van der Waals surface area contributed by atoms with Gasteiger partial charge in [-0.2, -0.15) is 0 Å². The second-order valence-electron chi connectivity index (χ2n) is 6.45. The van der Waals surface area contributed by atoms with Crippen molar-refractivity contribution in [3.05, 3.63) is 37.0 Å². The van der Waals surface area contributed by atoms with Crippen LogP contribution in [-0.2, 0) is 26.6 Å². The van der Waals surface area contributed by atoms with Gasteiger partial charge in [0, 0.05) is 33.9 Å². The summed E-state index contributed by atoms with van der Waals surface area (Å²) in [5.41, 5.74) is 11.1. The molecular formula is C18H40N2O6Si2. The lowest BCUT2D eigenvalue weighted by molar-refractivity contribution is 0.118. The van der Waals surface area contributed by atoms with E-state index in [0.29, 0.717) is 36.3 Å². The van der Waals surface area contributed by atoms with E-state index in [0.717, 1.165) is 12.5 Å². The van der Waals surface area contributed by atoms with Crippen molar-refractivity contribution >= 4 is 17.6 Å². The zero-order valence-electron chi connectivity index (χ0n) is 18.6. The fraction of sp³-hybridized carbons (Fsp3) is 0.667. The van der Waals surface area contributed by atoms with Gasteiger partial charge in [0.05, 0.1) is 17.3 Å². The van der Waals surface area contributed by atoms with Crippen molar-refractivity contribution in [2.75, 3.05) is 34.4 Å². The Kier molecular flexibility index (Phi) is 15.4. The molecule has 4 N–H and O–H groups in total. The third-order valence-corrected chi connectivity index (χ3v) is 8.56. The van der Waals surface area contributed by atoms with Gasteiger partial charge in [0.15, 0.2) is 0 Å². The van der Waals surface area contributed by atoms with Gasteiger partial charge in [-0.05, 0) is 46.2 Å². The minimum atomic E-state index is -2.74. The van der Waals surface area contributed by atoms with Crippen LogP contribution in [-0.4, -0.2) is 52.0 Å². The molecule has 166 valence electrons. The lowest BCUT2D eigenvalue weighted by Crippen LogP contribution is -2.45. The topological polar surface area (TPSA) is 107 Å². The molecule has 8 nitrogen and oxygen atoms in total. The highest BCUT2D eigenvalue weighted by molar-refractivity contribution is 6.60. The van der Waals surface area contributed by atoms with Crippen LogP contribution in [0.2, 0.25) is 12.6 Å². The predicted molar refractivity (Wildman–Crippen MR) is 117 cm³/mol. The summed E-state index contributed by atoms with van der Waals surface area (Å²) < 4.78 is 32.3. The molecule has 0 amide bonds. The Morgan fingerprint density at radius 3 is 1.39 bits per heavy atom. The van der Waals surface area contributed by atoms with Gasteiger partial charge in [0.2, 0.25) is 0 Å². The Balaban J connectivity index is 0. The van der Waals surface area contributed by atoms with E-state index in [1.807, 2.05) is 0 Å². The maximum absolute atomic E-state index is 5.63. The van der Waals surface area contributed by atoms with E-state index in [1.54, 1.807) is 48.6 Å². The molecule has 0 aliphatic rings. The van der Waals surface area contributed by atoms with Crippen LogP contribution in [0, 0.1) is 5.92 Å². The van der Waals surface area contributed by atoms with Crippen LogP contribution in [0.15, 0.2) is 37.0 Å². The number of hydrogen-bond donors (Lipinski definition) is 2. The van der Waals surface area contributed by atoms with Crippen LogP contribution in [0.4, 0.5) is 0 Å². The molecule has 0 aromatic rings. The molecule has 0 spiro atoms. The van der Waals surface area contributed by atoms with Gasteiger partial charge >= 0.3 is 17.6 Å². The molecule has 0 saturated carbocycles. The molecule has 1 unspecified atom stereocenters. The van der Waals surface area contributed by atoms with E-state index in [1.165, 1.54) is 0 Å². The van der Waals surface area contributed by atoms with Crippen LogP contribution >= 0.6 is 0 Å². The molecule has 28 heavy (non-hydrogen) atoms. The first kappa shape index (κ1) is 29.1. The average molecular weight is 437 g/mol. The van der Waals surface area contributed by atoms with E-state index < -0.39 is 17.6 Å². The molecule has 0 heterocycles. The number of hydrogen-bond acceptors (Lipinski definition) is 8. The van der Waals surface area contributed by atoms with Crippen LogP contribution in [0.25, 0.3) is 0 Å². The second kappa shape index (κ2) is 14.8. The molecule has 0 aromatic carbocycles. The summed E-state index contributed by atoms with van der Waals surface area (Å²) in [6.07, 6.45) is 0.876. The molecular weight excluding hydrogens is 396 g/mol. The summed E-state index contributed by atoms with van der Waals surface area (Å²) in [5, 5.41) is 0. The van der Waals surface area contributed by atoms with E-state index in [4.69, 9.17) is 38.0 Å². The van der Waals surface area contributed by atoms with Gasteiger partial charge in [-0.1, -0.05) is 19.7 Å². The van der Waals surface area contributed by atoms with E-state index in [-0.39, 0.29) is 0 Å². The lowest BCUT2D eigenvalue weighted by atomic mass is 10.1. The zero-order valence-corrected chi connectivity index (χ0v) is 20.6. The van der Waals surface area contributed by atoms with Crippen LogP contribution in [0.5, 0.6) is 0 Å². The highest BCUT2D eigenvalue weighted by atomic mass is 28.4. The monoisotopic (exact) mass is 436 g/mol. The van der Waals surface area contributed by atoms with E-state index in [2.05, 4.69) is 19.7 Å². The maximum atomic E-state index is 5.63. The number of nitrogens with two attached hydrogens (primary N) is 2. The van der Waals surface area contributed by atoms with Gasteiger partial charge < -0.3 is 38.0 Å². The fourth-order valence-electron chi connectivity index (χ4n) is 2.40. The fourth-order valence-corrected chi connectivity index (χ4v) is 6.51. The molecule has 1 atom stereocenters. The van der Waals surface area contributed by atoms with Crippen LogP contribution in [0.3, 0.4) is 0 Å². The molecule has 10 heteroatoms. The third kappa shape index (κ3) is 13.1. The summed E-state index contributed by atoms with van der Waals surface area (Å²) in [7, 11) is -0.392. The highest BCUT2D eigenvalue weighted by Gasteiger charge is 2.42. The van der Waals surface area contributed by atoms with Crippen molar-refractivity contribution in [1.29, 1.82) is 0 Å². The van der Waals surface area contributed by atoms with Crippen molar-refractivity contribution in [2.45, 2.75) is 39.8 Å². The van der Waals surface area contributed by atoms with Gasteiger partial charge in [0.1, 0.15) is 0 Å². The second-order valence-corrected chi connectivity index (χ2v) is 11.8. The predicted octanol–water partition coefficient (Wildman–Crippen LogP) is 2.99. The highest BCUT2D eigenvalue weighted by Crippen LogP contribution is 2.21. The summed E-state index contributed by atoms with van der Waals surface area (Å²) >= 11 is 0. The Bertz CT molecular complexity index is 438. The van der Waals surface area contributed by atoms with Gasteiger partial charge in [-0.3, -0.25) is 0 Å². The first-order chi connectivity index (χ1) is 12.9. The van der Waals surface area contributed by atoms with E-state index in [9.17, 15) is 0 Å². The van der Waals surface area contributed by atoms with Crippen LogP contribution in [0.1, 0.15) is 27.2 Å². The lowest BCUT2D eigenvalue weighted by Gasteiger charge is -2.27. The molecule has 0 aliphatic heterocycles. The third-order valence-electron chi connectivity index (χ3n) is 3.46. The Morgan fingerprint density at radius 1 is 0.821 bits per heavy atom. The normalized spacial score (nSPS) is 12.3. The molecule has 0 rings (SSSR count). The van der Waals surface area contributed by atoms with E-state index >= 15 is 0 Å². The Morgan fingerprint density at radius 2 is 1.18 bits per heavy atom. The molecule has 0 saturated heterocycles. The van der Waals surface area contributed by atoms with Crippen molar-refractivity contribution in [3.63, 3.8) is 0 Å². The first-order valence-corrected chi connectivity index (χ1v) is 13.2. The summed E-state index contributed by atoms with van der Waals surface area (Å²) in [5.74, 6) is 1.98. The summed E-state index contributed by atoms with van der Waals surface area (Å²) in [6, 6.07) is 0.726. The van der Waals surface area contributed by atoms with Crippen LogP contribution < -0.4 is 11.5 Å². The van der Waals surface area contributed by atoms with Gasteiger partial charge in [0.25, 0.3) is 0 Å². The molecule has 0 aromatic heterocycles. The standard InChI is InChI=1S/C10H18O3Si.C8H22N2O3Si/c1-8(2)11-14(7,12-9(3)4)13-10(5)6;1-11-14(12-2,13-3)7-8(6-10)4-5-9/h1,3,5H2,2,4,6-7H3;8H,4-7,9-10H2,1-3H3. The Labute approximate surface area is 173 Å². The molecule has 0 radical (unpaired) electrons. The summed E-state index contributed by atoms with van der Waals surface area (Å²) in [4.78, 5) is 0. The zero-order chi connectivity index (χ0) is 22.4. The number of rotatable bonds is 14.